The van der Waals surface area contributed by atoms with Crippen LogP contribution in [0.5, 0.6) is 0 Å². The van der Waals surface area contributed by atoms with Crippen LogP contribution in [-0.2, 0) is 13.0 Å². The fourth-order valence-electron chi connectivity index (χ4n) is 1.64. The number of aromatic amines is 1. The Labute approximate surface area is 102 Å². The van der Waals surface area contributed by atoms with Crippen molar-refractivity contribution in [3.63, 3.8) is 0 Å². The van der Waals surface area contributed by atoms with E-state index in [1.54, 1.807) is 0 Å². The number of nitrogens with one attached hydrogen (secondary N) is 1. The van der Waals surface area contributed by atoms with Gasteiger partial charge in [-0.2, -0.15) is 17.0 Å². The first-order chi connectivity index (χ1) is 7.88. The van der Waals surface area contributed by atoms with Gasteiger partial charge in [0.15, 0.2) is 0 Å². The molecule has 1 rings (SSSR count). The van der Waals surface area contributed by atoms with Crippen molar-refractivity contribution in [1.29, 1.82) is 5.26 Å². The van der Waals surface area contributed by atoms with Crippen molar-refractivity contribution in [1.82, 2.24) is 4.98 Å². The van der Waals surface area contributed by atoms with E-state index in [9.17, 15) is 0 Å². The molecule has 16 heavy (non-hydrogen) atoms. The van der Waals surface area contributed by atoms with E-state index in [-0.39, 0.29) is 0 Å². The molecule has 0 unspecified atom stereocenters. The third kappa shape index (κ3) is 4.71. The van der Waals surface area contributed by atoms with Gasteiger partial charge in [0.1, 0.15) is 12.4 Å². The molecule has 1 aromatic rings. The fraction of sp³-hybridized carbons (Fsp3) is 0.667. The van der Waals surface area contributed by atoms with Gasteiger partial charge < -0.3 is 0 Å². The number of unbranched alkanes of at least 4 members (excludes halogenated alkanes) is 1. The van der Waals surface area contributed by atoms with Crippen molar-refractivity contribution in [3.8, 4) is 6.07 Å². The Hall–Kier alpha value is -0.950. The molecule has 88 valence electrons. The molecule has 0 saturated heterocycles. The van der Waals surface area contributed by atoms with Crippen LogP contribution in [0.25, 0.3) is 0 Å². The molecule has 4 heteroatoms. The number of nitrogens with zero attached hydrogens (tertiary/aromatic N) is 2. The van der Waals surface area contributed by atoms with Gasteiger partial charge in [-0.3, -0.25) is 0 Å². The Balaban J connectivity index is 2.30. The highest BCUT2D eigenvalue weighted by molar-refractivity contribution is 7.99. The number of aryl methyl sites for hydroxylation is 2. The molecule has 0 amide bonds. The molecule has 3 nitrogen and oxygen atoms in total. The predicted molar refractivity (Wildman–Crippen MR) is 67.2 cm³/mol. The Bertz CT molecular complexity index is 327. The number of H-pyrrole nitrogens is 1. The average molecular weight is 238 g/mol. The second-order valence-corrected chi connectivity index (χ2v) is 5.06. The van der Waals surface area contributed by atoms with Crippen LogP contribution < -0.4 is 4.57 Å². The zero-order valence-electron chi connectivity index (χ0n) is 9.91. The lowest BCUT2D eigenvalue weighted by molar-refractivity contribution is -0.702. The molecule has 0 fully saturated rings. The summed E-state index contributed by atoms with van der Waals surface area (Å²) in [5, 5.41) is 8.49. The largest absolute Gasteiger partial charge is 0.254 e. The highest BCUT2D eigenvalue weighted by atomic mass is 32.2. The lowest BCUT2D eigenvalue weighted by atomic mass is 10.2. The van der Waals surface area contributed by atoms with Gasteiger partial charge in [0.25, 0.3) is 5.82 Å². The molecule has 1 heterocycles. The molecule has 0 saturated carbocycles. The number of hydrogen-bond donors (Lipinski definition) is 1. The van der Waals surface area contributed by atoms with Crippen molar-refractivity contribution in [2.24, 2.45) is 0 Å². The van der Waals surface area contributed by atoms with Gasteiger partial charge >= 0.3 is 0 Å². The van der Waals surface area contributed by atoms with E-state index >= 15 is 0 Å². The Kier molecular flexibility index (Phi) is 6.75. The summed E-state index contributed by atoms with van der Waals surface area (Å²) >= 11 is 1.99. The van der Waals surface area contributed by atoms with E-state index in [0.29, 0.717) is 6.42 Å². The maximum Gasteiger partial charge on any atom is 0.254 e. The van der Waals surface area contributed by atoms with Crippen LogP contribution in [0.1, 0.15) is 32.0 Å². The highest BCUT2D eigenvalue weighted by Crippen LogP contribution is 2.02. The average Bonchev–Trinajstić information content (AvgIpc) is 2.73. The standard InChI is InChI=1S/C12H19N3S/c1-2-16-11-5-9-15-10-8-14-12(15)6-3-4-7-13/h8,10H,2-6,9,11H2,1H3/p+1. The first-order valence-electron chi connectivity index (χ1n) is 5.89. The summed E-state index contributed by atoms with van der Waals surface area (Å²) in [6, 6.07) is 2.18. The first-order valence-corrected chi connectivity index (χ1v) is 7.04. The molecular formula is C12H20N3S+. The van der Waals surface area contributed by atoms with E-state index in [1.165, 1.54) is 23.8 Å². The summed E-state index contributed by atoms with van der Waals surface area (Å²) < 4.78 is 2.27. The number of rotatable bonds is 8. The van der Waals surface area contributed by atoms with Crippen molar-refractivity contribution in [2.75, 3.05) is 11.5 Å². The minimum Gasteiger partial charge on any atom is -0.248 e. The van der Waals surface area contributed by atoms with Crippen LogP contribution in [-0.4, -0.2) is 16.5 Å². The van der Waals surface area contributed by atoms with E-state index < -0.39 is 0 Å². The van der Waals surface area contributed by atoms with Crippen LogP contribution in [0.2, 0.25) is 0 Å². The van der Waals surface area contributed by atoms with Gasteiger partial charge in [-0.25, -0.2) is 9.55 Å². The number of imidazole rings is 1. The van der Waals surface area contributed by atoms with E-state index in [1.807, 2.05) is 18.0 Å². The summed E-state index contributed by atoms with van der Waals surface area (Å²) in [5.41, 5.74) is 0. The molecule has 0 bridgehead atoms. The summed E-state index contributed by atoms with van der Waals surface area (Å²) in [5.74, 6) is 3.68. The minimum absolute atomic E-state index is 0.644. The molecule has 1 N–H and O–H groups in total. The number of thioether (sulfide) groups is 1. The SMILES string of the molecule is CCSCCC[n+]1cc[nH]c1CCCC#N. The Morgan fingerprint density at radius 2 is 2.38 bits per heavy atom. The molecule has 0 radical (unpaired) electrons. The van der Waals surface area contributed by atoms with Gasteiger partial charge in [-0.05, 0) is 24.3 Å². The highest BCUT2D eigenvalue weighted by Gasteiger charge is 2.09. The first kappa shape index (κ1) is 13.1. The molecule has 0 spiro atoms. The number of aromatic nitrogens is 2. The minimum atomic E-state index is 0.644. The Morgan fingerprint density at radius 3 is 3.12 bits per heavy atom. The van der Waals surface area contributed by atoms with Crippen molar-refractivity contribution >= 4 is 11.8 Å². The van der Waals surface area contributed by atoms with Crippen molar-refractivity contribution in [2.45, 2.75) is 39.2 Å². The van der Waals surface area contributed by atoms with Crippen LogP contribution in [0.4, 0.5) is 0 Å². The number of nitriles is 1. The molecule has 0 aliphatic heterocycles. The molecule has 0 aliphatic carbocycles. The zero-order valence-corrected chi connectivity index (χ0v) is 10.7. The predicted octanol–water partition coefficient (Wildman–Crippen LogP) is 2.29. The molecule has 0 aromatic carbocycles. The second-order valence-electron chi connectivity index (χ2n) is 3.66. The van der Waals surface area contributed by atoms with Gasteiger partial charge in [-0.15, -0.1) is 0 Å². The van der Waals surface area contributed by atoms with Gasteiger partial charge in [0.05, 0.1) is 19.0 Å². The van der Waals surface area contributed by atoms with Crippen LogP contribution in [0.3, 0.4) is 0 Å². The molecular weight excluding hydrogens is 218 g/mol. The van der Waals surface area contributed by atoms with E-state index in [0.717, 1.165) is 19.4 Å². The van der Waals surface area contributed by atoms with E-state index in [4.69, 9.17) is 5.26 Å². The quantitative estimate of drug-likeness (QED) is 0.558. The van der Waals surface area contributed by atoms with E-state index in [2.05, 4.69) is 28.7 Å². The normalized spacial score (nSPS) is 10.2. The Morgan fingerprint density at radius 1 is 1.50 bits per heavy atom. The monoisotopic (exact) mass is 238 g/mol. The lowest BCUT2D eigenvalue weighted by Crippen LogP contribution is -2.36. The summed E-state index contributed by atoms with van der Waals surface area (Å²) in [7, 11) is 0. The van der Waals surface area contributed by atoms with Crippen LogP contribution in [0.15, 0.2) is 12.4 Å². The summed E-state index contributed by atoms with van der Waals surface area (Å²) in [6.07, 6.45) is 7.85. The van der Waals surface area contributed by atoms with Crippen LogP contribution >= 0.6 is 11.8 Å². The third-order valence-corrected chi connectivity index (χ3v) is 3.43. The van der Waals surface area contributed by atoms with Crippen molar-refractivity contribution < 1.29 is 4.57 Å². The van der Waals surface area contributed by atoms with Gasteiger partial charge in [0, 0.05) is 6.42 Å². The van der Waals surface area contributed by atoms with Gasteiger partial charge in [0.2, 0.25) is 0 Å². The maximum absolute atomic E-state index is 8.49. The molecule has 0 aliphatic rings. The maximum atomic E-state index is 8.49. The molecule has 0 atom stereocenters. The third-order valence-electron chi connectivity index (χ3n) is 2.45. The summed E-state index contributed by atoms with van der Waals surface area (Å²) in [4.78, 5) is 3.25. The fourth-order valence-corrected chi connectivity index (χ4v) is 2.26. The lowest BCUT2D eigenvalue weighted by Gasteiger charge is -2.00. The zero-order chi connectivity index (χ0) is 11.6. The second kappa shape index (κ2) is 8.23. The van der Waals surface area contributed by atoms with Gasteiger partial charge in [-0.1, -0.05) is 6.92 Å². The van der Waals surface area contributed by atoms with Crippen molar-refractivity contribution in [3.05, 3.63) is 18.2 Å². The summed E-state index contributed by atoms with van der Waals surface area (Å²) in [6.45, 7) is 3.28. The molecule has 1 aromatic heterocycles. The number of hydrogen-bond acceptors (Lipinski definition) is 2. The van der Waals surface area contributed by atoms with Crippen LogP contribution in [0, 0.1) is 11.3 Å². The topological polar surface area (TPSA) is 43.5 Å². The smallest absolute Gasteiger partial charge is 0.248 e.